The molecule has 0 aliphatic heterocycles. The van der Waals surface area contributed by atoms with Gasteiger partial charge in [-0.25, -0.2) is 0 Å². The van der Waals surface area contributed by atoms with E-state index in [1.807, 2.05) is 31.2 Å². The second-order valence-electron chi connectivity index (χ2n) is 4.35. The zero-order valence-electron chi connectivity index (χ0n) is 10.7. The van der Waals surface area contributed by atoms with Crippen molar-refractivity contribution in [2.75, 3.05) is 0 Å². The average Bonchev–Trinajstić information content (AvgIpc) is 2.40. The van der Waals surface area contributed by atoms with Crippen LogP contribution in [0.2, 0.25) is 0 Å². The van der Waals surface area contributed by atoms with E-state index in [1.165, 1.54) is 0 Å². The number of rotatable bonds is 4. The van der Waals surface area contributed by atoms with Gasteiger partial charge < -0.3 is 16.2 Å². The molecule has 0 heterocycles. The SMILES string of the molecule is CC(N)c1ccc(Oc2ccc(C(N)=O)cc2)cc1. The molecular weight excluding hydrogens is 240 g/mol. The Bertz CT molecular complexity index is 560. The van der Waals surface area contributed by atoms with Gasteiger partial charge in [-0.3, -0.25) is 4.79 Å². The lowest BCUT2D eigenvalue weighted by Gasteiger charge is -2.08. The van der Waals surface area contributed by atoms with Gasteiger partial charge in [0.15, 0.2) is 0 Å². The first-order chi connectivity index (χ1) is 9.06. The maximum absolute atomic E-state index is 10.9. The highest BCUT2D eigenvalue weighted by molar-refractivity contribution is 5.92. The summed E-state index contributed by atoms with van der Waals surface area (Å²) in [7, 11) is 0. The van der Waals surface area contributed by atoms with Crippen molar-refractivity contribution in [2.45, 2.75) is 13.0 Å². The molecule has 4 N–H and O–H groups in total. The number of ether oxygens (including phenoxy) is 1. The first kappa shape index (κ1) is 13.1. The molecule has 19 heavy (non-hydrogen) atoms. The largest absolute Gasteiger partial charge is 0.457 e. The van der Waals surface area contributed by atoms with Crippen molar-refractivity contribution in [3.8, 4) is 11.5 Å². The summed E-state index contributed by atoms with van der Waals surface area (Å²) in [5, 5.41) is 0. The Balaban J connectivity index is 2.10. The molecule has 2 aromatic rings. The molecular formula is C15H16N2O2. The van der Waals surface area contributed by atoms with Crippen LogP contribution < -0.4 is 16.2 Å². The summed E-state index contributed by atoms with van der Waals surface area (Å²) >= 11 is 0. The molecule has 1 unspecified atom stereocenters. The lowest BCUT2D eigenvalue weighted by atomic mass is 10.1. The van der Waals surface area contributed by atoms with Crippen LogP contribution in [0.3, 0.4) is 0 Å². The van der Waals surface area contributed by atoms with Crippen LogP contribution in [-0.2, 0) is 0 Å². The zero-order valence-corrected chi connectivity index (χ0v) is 10.7. The van der Waals surface area contributed by atoms with Gasteiger partial charge in [-0.1, -0.05) is 12.1 Å². The van der Waals surface area contributed by atoms with E-state index in [1.54, 1.807) is 24.3 Å². The van der Waals surface area contributed by atoms with Crippen molar-refractivity contribution < 1.29 is 9.53 Å². The van der Waals surface area contributed by atoms with Crippen molar-refractivity contribution in [3.63, 3.8) is 0 Å². The second-order valence-corrected chi connectivity index (χ2v) is 4.35. The van der Waals surface area contributed by atoms with Gasteiger partial charge in [0.25, 0.3) is 0 Å². The summed E-state index contributed by atoms with van der Waals surface area (Å²) in [5.41, 5.74) is 12.5. The molecule has 2 aromatic carbocycles. The molecule has 4 heteroatoms. The lowest BCUT2D eigenvalue weighted by molar-refractivity contribution is 0.100. The van der Waals surface area contributed by atoms with E-state index in [0.717, 1.165) is 11.3 Å². The molecule has 0 radical (unpaired) electrons. The van der Waals surface area contributed by atoms with Crippen molar-refractivity contribution in [3.05, 3.63) is 59.7 Å². The number of primary amides is 1. The second kappa shape index (κ2) is 5.54. The Morgan fingerprint density at radius 1 is 1.00 bits per heavy atom. The molecule has 98 valence electrons. The molecule has 0 bridgehead atoms. The van der Waals surface area contributed by atoms with Crippen molar-refractivity contribution in [1.82, 2.24) is 0 Å². The van der Waals surface area contributed by atoms with E-state index < -0.39 is 5.91 Å². The number of hydrogen-bond acceptors (Lipinski definition) is 3. The number of hydrogen-bond donors (Lipinski definition) is 2. The highest BCUT2D eigenvalue weighted by Crippen LogP contribution is 2.23. The van der Waals surface area contributed by atoms with E-state index in [2.05, 4.69) is 0 Å². The summed E-state index contributed by atoms with van der Waals surface area (Å²) in [4.78, 5) is 10.9. The van der Waals surface area contributed by atoms with Crippen LogP contribution in [0.4, 0.5) is 0 Å². The molecule has 0 saturated heterocycles. The Morgan fingerprint density at radius 2 is 1.47 bits per heavy atom. The highest BCUT2D eigenvalue weighted by atomic mass is 16.5. The van der Waals surface area contributed by atoms with Gasteiger partial charge in [0, 0.05) is 11.6 Å². The third kappa shape index (κ3) is 3.33. The van der Waals surface area contributed by atoms with Crippen molar-refractivity contribution in [1.29, 1.82) is 0 Å². The Hall–Kier alpha value is -2.33. The molecule has 0 saturated carbocycles. The van der Waals surface area contributed by atoms with E-state index in [4.69, 9.17) is 16.2 Å². The number of carbonyl (C=O) groups is 1. The van der Waals surface area contributed by atoms with Crippen LogP contribution in [0.15, 0.2) is 48.5 Å². The maximum Gasteiger partial charge on any atom is 0.248 e. The van der Waals surface area contributed by atoms with E-state index >= 15 is 0 Å². The van der Waals surface area contributed by atoms with Crippen molar-refractivity contribution >= 4 is 5.91 Å². The van der Waals surface area contributed by atoms with Gasteiger partial charge >= 0.3 is 0 Å². The van der Waals surface area contributed by atoms with Crippen LogP contribution in [0.25, 0.3) is 0 Å². The number of carbonyl (C=O) groups excluding carboxylic acids is 1. The lowest BCUT2D eigenvalue weighted by Crippen LogP contribution is -2.10. The van der Waals surface area contributed by atoms with Crippen molar-refractivity contribution in [2.24, 2.45) is 11.5 Å². The fraction of sp³-hybridized carbons (Fsp3) is 0.133. The smallest absolute Gasteiger partial charge is 0.248 e. The third-order valence-electron chi connectivity index (χ3n) is 2.78. The fourth-order valence-electron chi connectivity index (χ4n) is 1.66. The van der Waals surface area contributed by atoms with Gasteiger partial charge in [0.05, 0.1) is 0 Å². The molecule has 0 spiro atoms. The Labute approximate surface area is 112 Å². The predicted molar refractivity (Wildman–Crippen MR) is 74.1 cm³/mol. The first-order valence-electron chi connectivity index (χ1n) is 5.99. The van der Waals surface area contributed by atoms with E-state index in [9.17, 15) is 4.79 Å². The van der Waals surface area contributed by atoms with Gasteiger partial charge in [0.2, 0.25) is 5.91 Å². The molecule has 0 aliphatic carbocycles. The molecule has 1 amide bonds. The number of nitrogens with two attached hydrogens (primary N) is 2. The normalized spacial score (nSPS) is 11.9. The average molecular weight is 256 g/mol. The summed E-state index contributed by atoms with van der Waals surface area (Å²) in [6.45, 7) is 1.93. The Kier molecular flexibility index (Phi) is 3.82. The number of amides is 1. The summed E-state index contributed by atoms with van der Waals surface area (Å²) in [6, 6.07) is 14.3. The molecule has 0 aliphatic rings. The Morgan fingerprint density at radius 3 is 1.89 bits per heavy atom. The van der Waals surface area contributed by atoms with Crippen LogP contribution >= 0.6 is 0 Å². The molecule has 0 aromatic heterocycles. The standard InChI is InChI=1S/C15H16N2O2/c1-10(16)11-2-6-13(7-3-11)19-14-8-4-12(5-9-14)15(17)18/h2-10H,16H2,1H3,(H2,17,18). The van der Waals surface area contributed by atoms with Gasteiger partial charge in [0.1, 0.15) is 11.5 Å². The topological polar surface area (TPSA) is 78.3 Å². The van der Waals surface area contributed by atoms with Crippen LogP contribution in [0.1, 0.15) is 28.9 Å². The first-order valence-corrected chi connectivity index (χ1v) is 5.99. The van der Waals surface area contributed by atoms with Gasteiger partial charge in [-0.15, -0.1) is 0 Å². The molecule has 2 rings (SSSR count). The minimum absolute atomic E-state index is 0.00361. The van der Waals surface area contributed by atoms with E-state index in [-0.39, 0.29) is 6.04 Å². The summed E-state index contributed by atoms with van der Waals surface area (Å²) < 4.78 is 5.65. The van der Waals surface area contributed by atoms with Crippen LogP contribution in [-0.4, -0.2) is 5.91 Å². The van der Waals surface area contributed by atoms with E-state index in [0.29, 0.717) is 11.3 Å². The predicted octanol–water partition coefficient (Wildman–Crippen LogP) is 2.60. The molecule has 0 fully saturated rings. The van der Waals surface area contributed by atoms with Gasteiger partial charge in [-0.2, -0.15) is 0 Å². The number of benzene rings is 2. The van der Waals surface area contributed by atoms with Gasteiger partial charge in [-0.05, 0) is 48.9 Å². The highest BCUT2D eigenvalue weighted by Gasteiger charge is 2.03. The minimum Gasteiger partial charge on any atom is -0.457 e. The molecule has 4 nitrogen and oxygen atoms in total. The summed E-state index contributed by atoms with van der Waals surface area (Å²) in [6.07, 6.45) is 0. The van der Waals surface area contributed by atoms with Crippen LogP contribution in [0.5, 0.6) is 11.5 Å². The van der Waals surface area contributed by atoms with Crippen LogP contribution in [0, 0.1) is 0 Å². The quantitative estimate of drug-likeness (QED) is 0.882. The summed E-state index contributed by atoms with van der Waals surface area (Å²) in [5.74, 6) is 0.919. The third-order valence-corrected chi connectivity index (χ3v) is 2.78. The zero-order chi connectivity index (χ0) is 13.8. The maximum atomic E-state index is 10.9. The fourth-order valence-corrected chi connectivity index (χ4v) is 1.66. The monoisotopic (exact) mass is 256 g/mol. The minimum atomic E-state index is -0.451. The molecule has 1 atom stereocenters.